The fourth-order valence-electron chi connectivity index (χ4n) is 3.03. The molecule has 1 saturated heterocycles. The van der Waals surface area contributed by atoms with Gasteiger partial charge in [0.05, 0.1) is 13.2 Å². The van der Waals surface area contributed by atoms with Gasteiger partial charge in [-0.25, -0.2) is 0 Å². The van der Waals surface area contributed by atoms with E-state index in [1.54, 1.807) is 6.07 Å². The molecule has 0 bridgehead atoms. The minimum Gasteiger partial charge on any atom is -0.379 e. The summed E-state index contributed by atoms with van der Waals surface area (Å²) in [4.78, 5) is 2.48. The van der Waals surface area contributed by atoms with E-state index in [-0.39, 0.29) is 0 Å². The molecule has 2 aromatic carbocycles. The summed E-state index contributed by atoms with van der Waals surface area (Å²) in [5.74, 6) is 0. The maximum absolute atomic E-state index is 6.26. The lowest BCUT2D eigenvalue weighted by Crippen LogP contribution is -2.42. The number of hydrogen-bond acceptors (Lipinski definition) is 3. The number of ether oxygens (including phenoxy) is 1. The molecule has 0 amide bonds. The highest BCUT2D eigenvalue weighted by molar-refractivity contribution is 6.35. The standard InChI is InChI=1S/C19H22Cl2N2O/c20-17-7-6-16(18(21)12-17)13-22-14-19(15-4-2-1-3-5-15)23-8-10-24-11-9-23/h1-7,12,19,22H,8-11,13-14H2. The van der Waals surface area contributed by atoms with Crippen molar-refractivity contribution < 1.29 is 4.74 Å². The lowest BCUT2D eigenvalue weighted by atomic mass is 10.0. The molecule has 1 aliphatic rings. The Balaban J connectivity index is 1.65. The number of nitrogens with zero attached hydrogens (tertiary/aromatic N) is 1. The highest BCUT2D eigenvalue weighted by atomic mass is 35.5. The molecule has 3 nitrogen and oxygen atoms in total. The van der Waals surface area contributed by atoms with Crippen molar-refractivity contribution in [3.8, 4) is 0 Å². The van der Waals surface area contributed by atoms with Crippen LogP contribution in [0.25, 0.3) is 0 Å². The molecular formula is C19H22Cl2N2O. The highest BCUT2D eigenvalue weighted by Gasteiger charge is 2.22. The minimum absolute atomic E-state index is 0.334. The third-order valence-electron chi connectivity index (χ3n) is 4.34. The van der Waals surface area contributed by atoms with Gasteiger partial charge in [-0.3, -0.25) is 4.90 Å². The van der Waals surface area contributed by atoms with Crippen molar-refractivity contribution in [1.82, 2.24) is 10.2 Å². The van der Waals surface area contributed by atoms with Gasteiger partial charge in [-0.1, -0.05) is 59.6 Å². The quantitative estimate of drug-likeness (QED) is 0.832. The molecule has 2 aromatic rings. The van der Waals surface area contributed by atoms with Crippen LogP contribution in [0.15, 0.2) is 48.5 Å². The van der Waals surface area contributed by atoms with Crippen molar-refractivity contribution in [2.24, 2.45) is 0 Å². The van der Waals surface area contributed by atoms with Gasteiger partial charge in [0.2, 0.25) is 0 Å². The Bertz CT molecular complexity index is 645. The molecule has 1 N–H and O–H groups in total. The second-order valence-electron chi connectivity index (χ2n) is 5.94. The number of benzene rings is 2. The number of hydrogen-bond donors (Lipinski definition) is 1. The SMILES string of the molecule is Clc1ccc(CNCC(c2ccccc2)N2CCOCC2)c(Cl)c1. The van der Waals surface area contributed by atoms with Gasteiger partial charge >= 0.3 is 0 Å². The lowest BCUT2D eigenvalue weighted by molar-refractivity contribution is 0.0161. The maximum Gasteiger partial charge on any atom is 0.0594 e. The van der Waals surface area contributed by atoms with Crippen LogP contribution >= 0.6 is 23.2 Å². The lowest BCUT2D eigenvalue weighted by Gasteiger charge is -2.35. The Morgan fingerprint density at radius 2 is 1.79 bits per heavy atom. The zero-order chi connectivity index (χ0) is 16.8. The van der Waals surface area contributed by atoms with Crippen LogP contribution in [0.1, 0.15) is 17.2 Å². The Hall–Kier alpha value is -1.10. The van der Waals surface area contributed by atoms with Crippen LogP contribution in [0, 0.1) is 0 Å². The average Bonchev–Trinajstić information content (AvgIpc) is 2.62. The summed E-state index contributed by atoms with van der Waals surface area (Å²) in [6, 6.07) is 16.6. The first kappa shape index (κ1) is 17.7. The Kier molecular flexibility index (Phi) is 6.52. The highest BCUT2D eigenvalue weighted by Crippen LogP contribution is 2.23. The molecule has 1 heterocycles. The van der Waals surface area contributed by atoms with Crippen LogP contribution in [-0.2, 0) is 11.3 Å². The zero-order valence-corrected chi connectivity index (χ0v) is 15.1. The second-order valence-corrected chi connectivity index (χ2v) is 6.79. The zero-order valence-electron chi connectivity index (χ0n) is 13.6. The van der Waals surface area contributed by atoms with E-state index in [2.05, 4.69) is 40.5 Å². The van der Waals surface area contributed by atoms with Gasteiger partial charge in [0, 0.05) is 42.3 Å². The molecule has 0 aliphatic carbocycles. The molecular weight excluding hydrogens is 343 g/mol. The topological polar surface area (TPSA) is 24.5 Å². The first-order chi connectivity index (χ1) is 11.7. The number of nitrogens with one attached hydrogen (secondary N) is 1. The predicted molar refractivity (Wildman–Crippen MR) is 99.7 cm³/mol. The van der Waals surface area contributed by atoms with Gasteiger partial charge in [-0.2, -0.15) is 0 Å². The van der Waals surface area contributed by atoms with E-state index in [9.17, 15) is 0 Å². The molecule has 24 heavy (non-hydrogen) atoms. The van der Waals surface area contributed by atoms with Gasteiger partial charge < -0.3 is 10.1 Å². The molecule has 0 radical (unpaired) electrons. The first-order valence-electron chi connectivity index (χ1n) is 8.25. The van der Waals surface area contributed by atoms with Crippen LogP contribution in [0.3, 0.4) is 0 Å². The van der Waals surface area contributed by atoms with Crippen molar-refractivity contribution in [3.63, 3.8) is 0 Å². The minimum atomic E-state index is 0.334. The van der Waals surface area contributed by atoms with Crippen molar-refractivity contribution >= 4 is 23.2 Å². The number of morpholine rings is 1. The van der Waals surface area contributed by atoms with Crippen LogP contribution < -0.4 is 5.32 Å². The molecule has 0 saturated carbocycles. The van der Waals surface area contributed by atoms with Gasteiger partial charge in [-0.05, 0) is 23.3 Å². The summed E-state index contributed by atoms with van der Waals surface area (Å²) >= 11 is 12.2. The fraction of sp³-hybridized carbons (Fsp3) is 0.368. The smallest absolute Gasteiger partial charge is 0.0594 e. The van der Waals surface area contributed by atoms with Crippen molar-refractivity contribution in [2.45, 2.75) is 12.6 Å². The van der Waals surface area contributed by atoms with Crippen LogP contribution in [0.4, 0.5) is 0 Å². The molecule has 1 fully saturated rings. The van der Waals surface area contributed by atoms with Crippen molar-refractivity contribution in [3.05, 3.63) is 69.7 Å². The molecule has 1 atom stereocenters. The van der Waals surface area contributed by atoms with E-state index >= 15 is 0 Å². The molecule has 0 aromatic heterocycles. The van der Waals surface area contributed by atoms with Gasteiger partial charge in [-0.15, -0.1) is 0 Å². The Labute approximate surface area is 153 Å². The monoisotopic (exact) mass is 364 g/mol. The Morgan fingerprint density at radius 1 is 1.04 bits per heavy atom. The number of halogens is 2. The predicted octanol–water partition coefficient (Wildman–Crippen LogP) is 4.16. The van der Waals surface area contributed by atoms with E-state index < -0.39 is 0 Å². The van der Waals surface area contributed by atoms with E-state index in [0.717, 1.165) is 45.0 Å². The summed E-state index contributed by atoms with van der Waals surface area (Å²) in [5, 5.41) is 4.92. The summed E-state index contributed by atoms with van der Waals surface area (Å²) in [5.41, 5.74) is 2.39. The van der Waals surface area contributed by atoms with Gasteiger partial charge in [0.1, 0.15) is 0 Å². The number of rotatable bonds is 6. The molecule has 0 spiro atoms. The average molecular weight is 365 g/mol. The summed E-state index contributed by atoms with van der Waals surface area (Å²) in [6.45, 7) is 5.11. The molecule has 1 unspecified atom stereocenters. The summed E-state index contributed by atoms with van der Waals surface area (Å²) in [6.07, 6.45) is 0. The van der Waals surface area contributed by atoms with Crippen molar-refractivity contribution in [2.75, 3.05) is 32.8 Å². The fourth-order valence-corrected chi connectivity index (χ4v) is 3.51. The summed E-state index contributed by atoms with van der Waals surface area (Å²) < 4.78 is 5.49. The molecule has 3 rings (SSSR count). The van der Waals surface area contributed by atoms with E-state index in [4.69, 9.17) is 27.9 Å². The third kappa shape index (κ3) is 4.71. The van der Waals surface area contributed by atoms with Crippen LogP contribution in [-0.4, -0.2) is 37.7 Å². The van der Waals surface area contributed by atoms with E-state index in [0.29, 0.717) is 16.1 Å². The van der Waals surface area contributed by atoms with E-state index in [1.807, 2.05) is 12.1 Å². The van der Waals surface area contributed by atoms with E-state index in [1.165, 1.54) is 5.56 Å². The summed E-state index contributed by atoms with van der Waals surface area (Å²) in [7, 11) is 0. The first-order valence-corrected chi connectivity index (χ1v) is 9.01. The Morgan fingerprint density at radius 3 is 2.50 bits per heavy atom. The van der Waals surface area contributed by atoms with Gasteiger partial charge in [0.25, 0.3) is 0 Å². The maximum atomic E-state index is 6.26. The molecule has 128 valence electrons. The molecule has 5 heteroatoms. The van der Waals surface area contributed by atoms with Crippen molar-refractivity contribution in [1.29, 1.82) is 0 Å². The normalized spacial score (nSPS) is 16.9. The second kappa shape index (κ2) is 8.84. The largest absolute Gasteiger partial charge is 0.379 e. The third-order valence-corrected chi connectivity index (χ3v) is 4.93. The van der Waals surface area contributed by atoms with Crippen LogP contribution in [0.2, 0.25) is 10.0 Å². The molecule has 1 aliphatic heterocycles. The van der Waals surface area contributed by atoms with Gasteiger partial charge in [0.15, 0.2) is 0 Å². The van der Waals surface area contributed by atoms with Crippen LogP contribution in [0.5, 0.6) is 0 Å².